The molecule has 118 valence electrons. The lowest BCUT2D eigenvalue weighted by Gasteiger charge is -2.43. The van der Waals surface area contributed by atoms with E-state index in [-0.39, 0.29) is 5.41 Å². The molecule has 0 spiro atoms. The van der Waals surface area contributed by atoms with Gasteiger partial charge in [0.2, 0.25) is 0 Å². The van der Waals surface area contributed by atoms with Gasteiger partial charge in [0.15, 0.2) is 0 Å². The average molecular weight is 307 g/mol. The van der Waals surface area contributed by atoms with Gasteiger partial charge in [-0.2, -0.15) is 11.8 Å². The first-order valence-electron chi connectivity index (χ1n) is 8.14. The van der Waals surface area contributed by atoms with Crippen LogP contribution in [0.4, 0.5) is 0 Å². The van der Waals surface area contributed by atoms with E-state index in [1.54, 1.807) is 0 Å². The quantitative estimate of drug-likeness (QED) is 0.860. The summed E-state index contributed by atoms with van der Waals surface area (Å²) in [6, 6.07) is 12.0. The van der Waals surface area contributed by atoms with E-state index in [1.807, 2.05) is 0 Å². The normalized spacial score (nSPS) is 22.2. The monoisotopic (exact) mass is 306 g/mol. The summed E-state index contributed by atoms with van der Waals surface area (Å²) in [4.78, 5) is 2.67. The summed E-state index contributed by atoms with van der Waals surface area (Å²) < 4.78 is 0. The summed E-state index contributed by atoms with van der Waals surface area (Å²) in [5.74, 6) is 2.55. The van der Waals surface area contributed by atoms with Crippen molar-refractivity contribution in [3.63, 3.8) is 0 Å². The Morgan fingerprint density at radius 2 is 2.05 bits per heavy atom. The summed E-state index contributed by atoms with van der Waals surface area (Å²) >= 11 is 2.09. The number of nitrogens with zero attached hydrogens (tertiary/aromatic N) is 1. The summed E-state index contributed by atoms with van der Waals surface area (Å²) in [7, 11) is 0. The van der Waals surface area contributed by atoms with Gasteiger partial charge in [0.05, 0.1) is 0 Å². The zero-order chi connectivity index (χ0) is 15.3. The highest BCUT2D eigenvalue weighted by molar-refractivity contribution is 7.99. The van der Waals surface area contributed by atoms with Crippen LogP contribution in [0.3, 0.4) is 0 Å². The van der Waals surface area contributed by atoms with Gasteiger partial charge < -0.3 is 5.32 Å². The molecule has 1 heterocycles. The molecule has 2 unspecified atom stereocenters. The molecule has 0 radical (unpaired) electrons. The smallest absolute Gasteiger partial charge is 0.0384 e. The second kappa shape index (κ2) is 7.66. The van der Waals surface area contributed by atoms with Crippen molar-refractivity contribution in [2.24, 2.45) is 5.41 Å². The highest BCUT2D eigenvalue weighted by Crippen LogP contribution is 2.35. The molecule has 0 saturated carbocycles. The molecule has 0 aliphatic carbocycles. The van der Waals surface area contributed by atoms with Gasteiger partial charge in [-0.1, -0.05) is 51.1 Å². The topological polar surface area (TPSA) is 15.3 Å². The molecule has 1 fully saturated rings. The molecule has 1 aromatic carbocycles. The van der Waals surface area contributed by atoms with Crippen LogP contribution in [0.2, 0.25) is 0 Å². The van der Waals surface area contributed by atoms with Crippen molar-refractivity contribution in [2.45, 2.75) is 39.8 Å². The molecule has 1 aromatic rings. The molecule has 1 N–H and O–H groups in total. The lowest BCUT2D eigenvalue weighted by Crippen LogP contribution is -2.49. The van der Waals surface area contributed by atoms with Crippen LogP contribution in [-0.2, 0) is 0 Å². The van der Waals surface area contributed by atoms with Crippen molar-refractivity contribution in [3.8, 4) is 0 Å². The molecular weight excluding hydrogens is 276 g/mol. The van der Waals surface area contributed by atoms with Gasteiger partial charge in [0.25, 0.3) is 0 Å². The maximum absolute atomic E-state index is 3.71. The lowest BCUT2D eigenvalue weighted by molar-refractivity contribution is 0.117. The molecule has 2 atom stereocenters. The fourth-order valence-electron chi connectivity index (χ4n) is 3.31. The molecule has 21 heavy (non-hydrogen) atoms. The molecule has 3 heteroatoms. The Hall–Kier alpha value is -0.510. The maximum Gasteiger partial charge on any atom is 0.0384 e. The Kier molecular flexibility index (Phi) is 6.15. The highest BCUT2D eigenvalue weighted by atomic mass is 32.2. The molecular formula is C18H30N2S. The third kappa shape index (κ3) is 4.48. The van der Waals surface area contributed by atoms with Crippen molar-refractivity contribution in [1.82, 2.24) is 10.2 Å². The molecule has 2 nitrogen and oxygen atoms in total. The predicted octanol–water partition coefficient (Wildman–Crippen LogP) is 3.80. The zero-order valence-corrected chi connectivity index (χ0v) is 14.7. The molecule has 0 aromatic heterocycles. The average Bonchev–Trinajstić information content (AvgIpc) is 2.48. The summed E-state index contributed by atoms with van der Waals surface area (Å²) in [5, 5.41) is 3.71. The minimum atomic E-state index is 0.216. The van der Waals surface area contributed by atoms with Crippen LogP contribution in [0.25, 0.3) is 0 Å². The van der Waals surface area contributed by atoms with E-state index in [1.165, 1.54) is 23.6 Å². The summed E-state index contributed by atoms with van der Waals surface area (Å²) in [6.45, 7) is 12.8. The standard InChI is InChI=1S/C18H30N2S/c1-5-19-17(16-9-7-6-8-10-16)18(3,4)14-20-11-12-21-13-15(20)2/h6-10,15,17,19H,5,11-14H2,1-4H3. The van der Waals surface area contributed by atoms with Crippen LogP contribution in [-0.4, -0.2) is 42.1 Å². The molecule has 2 rings (SSSR count). The van der Waals surface area contributed by atoms with Crippen molar-refractivity contribution >= 4 is 11.8 Å². The lowest BCUT2D eigenvalue weighted by atomic mass is 9.79. The Morgan fingerprint density at radius 3 is 2.67 bits per heavy atom. The van der Waals surface area contributed by atoms with Crippen LogP contribution in [0, 0.1) is 5.41 Å². The fraction of sp³-hybridized carbons (Fsp3) is 0.667. The third-order valence-electron chi connectivity index (χ3n) is 4.44. The van der Waals surface area contributed by atoms with Gasteiger partial charge in [-0.25, -0.2) is 0 Å². The molecule has 1 saturated heterocycles. The van der Waals surface area contributed by atoms with Gasteiger partial charge in [0.1, 0.15) is 0 Å². The second-order valence-corrected chi connectivity index (χ2v) is 7.93. The van der Waals surface area contributed by atoms with E-state index < -0.39 is 0 Å². The van der Waals surface area contributed by atoms with Crippen LogP contribution in [0.5, 0.6) is 0 Å². The first-order chi connectivity index (χ1) is 10.0. The Morgan fingerprint density at radius 1 is 1.33 bits per heavy atom. The number of nitrogens with one attached hydrogen (secondary N) is 1. The third-order valence-corrected chi connectivity index (χ3v) is 5.63. The van der Waals surface area contributed by atoms with Crippen LogP contribution in [0.1, 0.15) is 39.3 Å². The van der Waals surface area contributed by atoms with Crippen molar-refractivity contribution in [2.75, 3.05) is 31.1 Å². The molecule has 0 bridgehead atoms. The zero-order valence-electron chi connectivity index (χ0n) is 13.9. The summed E-state index contributed by atoms with van der Waals surface area (Å²) in [6.07, 6.45) is 0. The Bertz CT molecular complexity index is 418. The first-order valence-corrected chi connectivity index (χ1v) is 9.30. The molecule has 1 aliphatic rings. The molecule has 0 amide bonds. The SMILES string of the molecule is CCNC(c1ccccc1)C(C)(C)CN1CCSCC1C. The number of rotatable bonds is 6. The number of hydrogen-bond acceptors (Lipinski definition) is 3. The van der Waals surface area contributed by atoms with E-state index in [9.17, 15) is 0 Å². The summed E-state index contributed by atoms with van der Waals surface area (Å²) in [5.41, 5.74) is 1.62. The minimum Gasteiger partial charge on any atom is -0.310 e. The molecule has 1 aliphatic heterocycles. The number of thioether (sulfide) groups is 1. The van der Waals surface area contributed by atoms with Crippen molar-refractivity contribution < 1.29 is 0 Å². The maximum atomic E-state index is 3.71. The van der Waals surface area contributed by atoms with Crippen LogP contribution in [0.15, 0.2) is 30.3 Å². The predicted molar refractivity (Wildman–Crippen MR) is 95.0 cm³/mol. The number of hydrogen-bond donors (Lipinski definition) is 1. The van der Waals surface area contributed by atoms with Gasteiger partial charge in [-0.05, 0) is 24.4 Å². The fourth-order valence-corrected chi connectivity index (χ4v) is 4.39. The first kappa shape index (κ1) is 16.9. The van der Waals surface area contributed by atoms with Gasteiger partial charge in [0, 0.05) is 36.7 Å². The van der Waals surface area contributed by atoms with Gasteiger partial charge >= 0.3 is 0 Å². The van der Waals surface area contributed by atoms with Crippen LogP contribution < -0.4 is 5.32 Å². The Labute approximate surface area is 134 Å². The largest absolute Gasteiger partial charge is 0.310 e. The second-order valence-electron chi connectivity index (χ2n) is 6.78. The van der Waals surface area contributed by atoms with Gasteiger partial charge in [-0.15, -0.1) is 0 Å². The number of benzene rings is 1. The van der Waals surface area contributed by atoms with Gasteiger partial charge in [-0.3, -0.25) is 4.90 Å². The van der Waals surface area contributed by atoms with E-state index in [4.69, 9.17) is 0 Å². The van der Waals surface area contributed by atoms with E-state index >= 15 is 0 Å². The highest BCUT2D eigenvalue weighted by Gasteiger charge is 2.34. The van der Waals surface area contributed by atoms with E-state index in [0.717, 1.165) is 13.1 Å². The Balaban J connectivity index is 2.13. The van der Waals surface area contributed by atoms with Crippen molar-refractivity contribution in [1.29, 1.82) is 0 Å². The minimum absolute atomic E-state index is 0.216. The van der Waals surface area contributed by atoms with E-state index in [2.05, 4.69) is 80.0 Å². The van der Waals surface area contributed by atoms with Crippen molar-refractivity contribution in [3.05, 3.63) is 35.9 Å². The van der Waals surface area contributed by atoms with Crippen LogP contribution >= 0.6 is 11.8 Å². The van der Waals surface area contributed by atoms with E-state index in [0.29, 0.717) is 12.1 Å².